The highest BCUT2D eigenvalue weighted by molar-refractivity contribution is 6.35. The van der Waals surface area contributed by atoms with Gasteiger partial charge in [-0.05, 0) is 92.0 Å². The minimum atomic E-state index is -0.0225. The van der Waals surface area contributed by atoms with Crippen LogP contribution in [-0.4, -0.2) is 23.0 Å². The molecular formula is C26H26Cl2N2O2. The summed E-state index contributed by atoms with van der Waals surface area (Å²) in [5, 5.41) is 5.52. The second kappa shape index (κ2) is 8.92. The molecule has 2 aliphatic rings. The molecule has 0 spiro atoms. The van der Waals surface area contributed by atoms with Gasteiger partial charge in [0.2, 0.25) is 0 Å². The summed E-state index contributed by atoms with van der Waals surface area (Å²) in [4.78, 5) is 17.1. The molecule has 5 atom stereocenters. The lowest BCUT2D eigenvalue weighted by Gasteiger charge is -2.34. The van der Waals surface area contributed by atoms with Gasteiger partial charge in [0.05, 0.1) is 10.5 Å². The topological polar surface area (TPSA) is 51.2 Å². The maximum absolute atomic E-state index is 12.7. The average Bonchev–Trinajstić information content (AvgIpc) is 3.39. The van der Waals surface area contributed by atoms with Crippen molar-refractivity contribution < 1.29 is 9.53 Å². The van der Waals surface area contributed by atoms with E-state index in [4.69, 9.17) is 27.9 Å². The fourth-order valence-corrected chi connectivity index (χ4v) is 5.94. The van der Waals surface area contributed by atoms with Gasteiger partial charge in [0.1, 0.15) is 11.9 Å². The van der Waals surface area contributed by atoms with Gasteiger partial charge in [-0.15, -0.1) is 0 Å². The lowest BCUT2D eigenvalue weighted by Crippen LogP contribution is -2.43. The molecule has 0 radical (unpaired) electrons. The third-order valence-corrected chi connectivity index (χ3v) is 7.76. The number of pyridine rings is 1. The standard InChI is InChI=1S/C26H26Cl2N2O2/c1-2-23(30-26(31)15-3-5-18(27)6-4-15)20-12-17-11-16(20)13-25(17)32-19-7-8-24-21(14-19)22(28)9-10-29-24/h3-10,14,16-17,20,23,25H,2,11-13H2,1H3,(H,30,31)/t16-,17?,20+,23?,25-/m0/s1. The van der Waals surface area contributed by atoms with Crippen molar-refractivity contribution in [1.82, 2.24) is 10.3 Å². The van der Waals surface area contributed by atoms with Crippen molar-refractivity contribution in [2.75, 3.05) is 0 Å². The van der Waals surface area contributed by atoms with Gasteiger partial charge in [0.25, 0.3) is 5.91 Å². The quantitative estimate of drug-likeness (QED) is 0.446. The number of carbonyl (C=O) groups excluding carboxylic acids is 1. The highest BCUT2D eigenvalue weighted by atomic mass is 35.5. The average molecular weight is 469 g/mol. The first-order chi connectivity index (χ1) is 15.5. The highest BCUT2D eigenvalue weighted by Crippen LogP contribution is 2.51. The van der Waals surface area contributed by atoms with Crippen LogP contribution in [0.3, 0.4) is 0 Å². The molecule has 2 fully saturated rings. The fraction of sp³-hybridized carbons (Fsp3) is 0.385. The molecule has 32 heavy (non-hydrogen) atoms. The first kappa shape index (κ1) is 21.5. The lowest BCUT2D eigenvalue weighted by molar-refractivity contribution is 0.0848. The van der Waals surface area contributed by atoms with E-state index in [0.29, 0.717) is 33.4 Å². The fourth-order valence-electron chi connectivity index (χ4n) is 5.61. The van der Waals surface area contributed by atoms with Crippen LogP contribution in [0.5, 0.6) is 5.75 Å². The maximum Gasteiger partial charge on any atom is 0.251 e. The predicted molar refractivity (Wildman–Crippen MR) is 128 cm³/mol. The van der Waals surface area contributed by atoms with Crippen LogP contribution in [0.25, 0.3) is 10.9 Å². The zero-order chi connectivity index (χ0) is 22.2. The molecule has 2 saturated carbocycles. The van der Waals surface area contributed by atoms with Crippen molar-refractivity contribution in [2.45, 2.75) is 44.8 Å². The number of halogens is 2. The SMILES string of the molecule is CCC(NC(=O)c1ccc(Cl)cc1)[C@@H]1CC2C[C@H]1C[C@@H]2Oc1ccc2nccc(Cl)c2c1. The minimum Gasteiger partial charge on any atom is -0.490 e. The van der Waals surface area contributed by atoms with Gasteiger partial charge < -0.3 is 10.1 Å². The molecule has 6 heteroatoms. The molecule has 1 amide bonds. The van der Waals surface area contributed by atoms with E-state index in [1.54, 1.807) is 36.5 Å². The number of fused-ring (bicyclic) bond motifs is 3. The van der Waals surface area contributed by atoms with Crippen LogP contribution in [-0.2, 0) is 0 Å². The molecule has 2 unspecified atom stereocenters. The van der Waals surface area contributed by atoms with Gasteiger partial charge >= 0.3 is 0 Å². The molecular weight excluding hydrogens is 443 g/mol. The van der Waals surface area contributed by atoms with Crippen LogP contribution < -0.4 is 10.1 Å². The van der Waals surface area contributed by atoms with Crippen molar-refractivity contribution in [2.24, 2.45) is 17.8 Å². The van der Waals surface area contributed by atoms with Gasteiger partial charge in [-0.1, -0.05) is 30.1 Å². The summed E-state index contributed by atoms with van der Waals surface area (Å²) in [6.45, 7) is 2.15. The summed E-state index contributed by atoms with van der Waals surface area (Å²) in [7, 11) is 0. The first-order valence-electron chi connectivity index (χ1n) is 11.3. The number of aromatic nitrogens is 1. The monoisotopic (exact) mass is 468 g/mol. The Morgan fingerprint density at radius 2 is 1.91 bits per heavy atom. The molecule has 2 aliphatic carbocycles. The summed E-state index contributed by atoms with van der Waals surface area (Å²) in [6, 6.07) is 15.0. The van der Waals surface area contributed by atoms with Crippen LogP contribution in [0.4, 0.5) is 0 Å². The number of ether oxygens (including phenoxy) is 1. The Kier molecular flexibility index (Phi) is 6.00. The molecule has 1 N–H and O–H groups in total. The molecule has 0 aliphatic heterocycles. The third kappa shape index (κ3) is 4.18. The van der Waals surface area contributed by atoms with Gasteiger partial charge in [-0.2, -0.15) is 0 Å². The number of amides is 1. The smallest absolute Gasteiger partial charge is 0.251 e. The number of rotatable bonds is 6. The van der Waals surface area contributed by atoms with Crippen LogP contribution in [0.15, 0.2) is 54.7 Å². The molecule has 3 aromatic rings. The van der Waals surface area contributed by atoms with Gasteiger partial charge in [0, 0.05) is 28.2 Å². The van der Waals surface area contributed by atoms with E-state index in [9.17, 15) is 4.79 Å². The van der Waals surface area contributed by atoms with Gasteiger partial charge in [-0.25, -0.2) is 0 Å². The van der Waals surface area contributed by atoms with Crippen molar-refractivity contribution in [3.05, 3.63) is 70.3 Å². The zero-order valence-electron chi connectivity index (χ0n) is 17.9. The van der Waals surface area contributed by atoms with Crippen LogP contribution in [0, 0.1) is 17.8 Å². The van der Waals surface area contributed by atoms with E-state index in [-0.39, 0.29) is 18.1 Å². The lowest BCUT2D eigenvalue weighted by atomic mass is 9.81. The molecule has 4 nitrogen and oxygen atoms in total. The number of hydrogen-bond donors (Lipinski definition) is 1. The number of hydrogen-bond acceptors (Lipinski definition) is 3. The Morgan fingerprint density at radius 1 is 1.09 bits per heavy atom. The predicted octanol–water partition coefficient (Wildman–Crippen LogP) is 6.54. The summed E-state index contributed by atoms with van der Waals surface area (Å²) >= 11 is 12.3. The Hall–Kier alpha value is -2.30. The van der Waals surface area contributed by atoms with E-state index < -0.39 is 0 Å². The molecule has 2 bridgehead atoms. The van der Waals surface area contributed by atoms with Gasteiger partial charge in [-0.3, -0.25) is 9.78 Å². The van der Waals surface area contributed by atoms with Crippen LogP contribution in [0.1, 0.15) is 43.0 Å². The summed E-state index contributed by atoms with van der Waals surface area (Å²) < 4.78 is 6.41. The first-order valence-corrected chi connectivity index (χ1v) is 12.0. The maximum atomic E-state index is 12.7. The Labute approximate surface area is 198 Å². The summed E-state index contributed by atoms with van der Waals surface area (Å²) in [6.07, 6.45) is 6.14. The zero-order valence-corrected chi connectivity index (χ0v) is 19.4. The molecule has 0 saturated heterocycles. The second-order valence-corrected chi connectivity index (χ2v) is 9.86. The van der Waals surface area contributed by atoms with E-state index in [1.165, 1.54) is 6.42 Å². The van der Waals surface area contributed by atoms with E-state index in [2.05, 4.69) is 17.2 Å². The Bertz CT molecular complexity index is 1130. The van der Waals surface area contributed by atoms with E-state index >= 15 is 0 Å². The second-order valence-electron chi connectivity index (χ2n) is 9.01. The highest BCUT2D eigenvalue weighted by Gasteiger charge is 2.49. The largest absolute Gasteiger partial charge is 0.490 e. The molecule has 2 aromatic carbocycles. The van der Waals surface area contributed by atoms with Gasteiger partial charge in [0.15, 0.2) is 0 Å². The van der Waals surface area contributed by atoms with E-state index in [1.807, 2.05) is 18.2 Å². The Balaban J connectivity index is 1.23. The third-order valence-electron chi connectivity index (χ3n) is 7.17. The molecule has 5 rings (SSSR count). The Morgan fingerprint density at radius 3 is 2.62 bits per heavy atom. The van der Waals surface area contributed by atoms with Crippen LogP contribution in [0.2, 0.25) is 10.0 Å². The molecule has 1 aromatic heterocycles. The van der Waals surface area contributed by atoms with Crippen molar-refractivity contribution in [3.63, 3.8) is 0 Å². The number of nitrogens with zero attached hydrogens (tertiary/aromatic N) is 1. The minimum absolute atomic E-state index is 0.0225. The van der Waals surface area contributed by atoms with Crippen molar-refractivity contribution in [3.8, 4) is 5.75 Å². The normalized spacial score (nSPS) is 25.1. The van der Waals surface area contributed by atoms with Crippen molar-refractivity contribution in [1.29, 1.82) is 0 Å². The number of nitrogens with one attached hydrogen (secondary N) is 1. The van der Waals surface area contributed by atoms with Crippen molar-refractivity contribution >= 4 is 40.0 Å². The van der Waals surface area contributed by atoms with Crippen LogP contribution >= 0.6 is 23.2 Å². The number of carbonyl (C=O) groups is 1. The van der Waals surface area contributed by atoms with E-state index in [0.717, 1.165) is 35.9 Å². The summed E-state index contributed by atoms with van der Waals surface area (Å²) in [5.41, 5.74) is 1.53. The molecule has 166 valence electrons. The molecule has 1 heterocycles. The summed E-state index contributed by atoms with van der Waals surface area (Å²) in [5.74, 6) is 2.42. The number of benzene rings is 2.